The average molecular weight is 622 g/mol. The first-order chi connectivity index (χ1) is 23.6. The van der Waals surface area contributed by atoms with Gasteiger partial charge in [-0.2, -0.15) is 0 Å². The van der Waals surface area contributed by atoms with Crippen LogP contribution in [0.3, 0.4) is 0 Å². The van der Waals surface area contributed by atoms with Crippen LogP contribution >= 0.6 is 0 Å². The lowest BCUT2D eigenvalue weighted by Gasteiger charge is -2.34. The molecule has 7 aromatic carbocycles. The van der Waals surface area contributed by atoms with Gasteiger partial charge in [-0.1, -0.05) is 114 Å². The topological polar surface area (TPSA) is 9.72 Å². The van der Waals surface area contributed by atoms with Gasteiger partial charge in [0.15, 0.2) is 0 Å². The molecule has 3 nitrogen and oxygen atoms in total. The summed E-state index contributed by atoms with van der Waals surface area (Å²) in [5.41, 5.74) is 12.8. The summed E-state index contributed by atoms with van der Waals surface area (Å²) in [5, 5.41) is 0. The summed E-state index contributed by atoms with van der Waals surface area (Å²) in [6.45, 7) is 4.91. The lowest BCUT2D eigenvalue weighted by molar-refractivity contribution is 0.925. The lowest BCUT2D eigenvalue weighted by atomic mass is 10.0. The minimum absolute atomic E-state index is 0.652. The van der Waals surface area contributed by atoms with E-state index in [4.69, 9.17) is 0 Å². The first-order valence-corrected chi connectivity index (χ1v) is 16.5. The van der Waals surface area contributed by atoms with Crippen molar-refractivity contribution in [2.24, 2.45) is 0 Å². The standard InChI is InChI=1S/C45H39N3/c1-35-18-26-41(27-19-35)46(39-12-6-3-7-13-39)34-47(40-14-8-4-9-15-40)42-30-22-37(23-31-42)38-24-32-45(33-25-38)48(43-16-10-5-11-17-43)44-28-20-36(2)21-29-44/h3-33H,34H2,1-2H3. The Morgan fingerprint density at radius 3 is 0.958 bits per heavy atom. The van der Waals surface area contributed by atoms with Crippen LogP contribution in [0.5, 0.6) is 0 Å². The molecule has 0 amide bonds. The molecule has 0 unspecified atom stereocenters. The summed E-state index contributed by atoms with van der Waals surface area (Å²) < 4.78 is 0. The van der Waals surface area contributed by atoms with Crippen LogP contribution in [0.1, 0.15) is 11.1 Å². The molecule has 0 bridgehead atoms. The highest BCUT2D eigenvalue weighted by atomic mass is 15.3. The third-order valence-electron chi connectivity index (χ3n) is 8.71. The van der Waals surface area contributed by atoms with E-state index >= 15 is 0 Å². The molecular weight excluding hydrogens is 583 g/mol. The summed E-state index contributed by atoms with van der Waals surface area (Å²) in [5.74, 6) is 0. The molecule has 7 rings (SSSR count). The van der Waals surface area contributed by atoms with Gasteiger partial charge in [-0.3, -0.25) is 0 Å². The van der Waals surface area contributed by atoms with Gasteiger partial charge in [0.25, 0.3) is 0 Å². The molecule has 0 aliphatic rings. The highest BCUT2D eigenvalue weighted by Gasteiger charge is 2.18. The number of para-hydroxylation sites is 3. The second kappa shape index (κ2) is 14.1. The zero-order valence-corrected chi connectivity index (χ0v) is 27.4. The van der Waals surface area contributed by atoms with Crippen molar-refractivity contribution in [3.05, 3.63) is 199 Å². The van der Waals surface area contributed by atoms with Crippen molar-refractivity contribution in [1.82, 2.24) is 0 Å². The quantitative estimate of drug-likeness (QED) is 0.141. The van der Waals surface area contributed by atoms with Crippen molar-refractivity contribution in [2.75, 3.05) is 21.4 Å². The van der Waals surface area contributed by atoms with Crippen LogP contribution in [-0.4, -0.2) is 6.67 Å². The fraction of sp³-hybridized carbons (Fsp3) is 0.0667. The zero-order valence-electron chi connectivity index (χ0n) is 27.4. The maximum Gasteiger partial charge on any atom is 0.0999 e. The number of aryl methyl sites for hydroxylation is 2. The van der Waals surface area contributed by atoms with E-state index in [1.54, 1.807) is 0 Å². The Bertz CT molecular complexity index is 2020. The summed E-state index contributed by atoms with van der Waals surface area (Å²) in [6.07, 6.45) is 0. The molecule has 0 saturated heterocycles. The Labute approximate surface area is 284 Å². The second-order valence-electron chi connectivity index (χ2n) is 12.1. The normalized spacial score (nSPS) is 10.8. The minimum Gasteiger partial charge on any atom is -0.323 e. The molecule has 234 valence electrons. The van der Waals surface area contributed by atoms with Gasteiger partial charge in [-0.25, -0.2) is 0 Å². The Balaban J connectivity index is 1.19. The molecule has 0 radical (unpaired) electrons. The van der Waals surface area contributed by atoms with E-state index in [-0.39, 0.29) is 0 Å². The van der Waals surface area contributed by atoms with Crippen molar-refractivity contribution in [3.8, 4) is 11.1 Å². The van der Waals surface area contributed by atoms with Crippen molar-refractivity contribution in [2.45, 2.75) is 13.8 Å². The predicted octanol–water partition coefficient (Wildman–Crippen LogP) is 12.4. The van der Waals surface area contributed by atoms with Crippen molar-refractivity contribution in [1.29, 1.82) is 0 Å². The van der Waals surface area contributed by atoms with Crippen molar-refractivity contribution >= 4 is 39.8 Å². The Kier molecular flexibility index (Phi) is 9.02. The molecule has 0 spiro atoms. The summed E-state index contributed by atoms with van der Waals surface area (Å²) >= 11 is 0. The molecule has 0 aliphatic heterocycles. The van der Waals surface area contributed by atoms with Crippen LogP contribution in [-0.2, 0) is 0 Å². The summed E-state index contributed by atoms with van der Waals surface area (Å²) in [4.78, 5) is 7.04. The van der Waals surface area contributed by atoms with Crippen molar-refractivity contribution < 1.29 is 0 Å². The van der Waals surface area contributed by atoms with Crippen LogP contribution in [0.2, 0.25) is 0 Å². The van der Waals surface area contributed by atoms with Gasteiger partial charge in [0, 0.05) is 39.8 Å². The molecule has 0 saturated carbocycles. The molecule has 0 fully saturated rings. The van der Waals surface area contributed by atoms with Gasteiger partial charge >= 0.3 is 0 Å². The number of nitrogens with zero attached hydrogens (tertiary/aromatic N) is 3. The molecule has 0 aromatic heterocycles. The monoisotopic (exact) mass is 621 g/mol. The first-order valence-electron chi connectivity index (χ1n) is 16.5. The SMILES string of the molecule is Cc1ccc(N(CN(c2ccccc2)c2ccc(-c3ccc(N(c4ccccc4)c4ccc(C)cc4)cc3)cc2)c2ccccc2)cc1. The molecule has 7 aromatic rings. The molecule has 0 atom stereocenters. The maximum absolute atomic E-state index is 2.37. The first kappa shape index (κ1) is 30.6. The lowest BCUT2D eigenvalue weighted by Crippen LogP contribution is -2.32. The van der Waals surface area contributed by atoms with Crippen LogP contribution in [0.25, 0.3) is 11.1 Å². The molecule has 0 aliphatic carbocycles. The fourth-order valence-corrected chi connectivity index (χ4v) is 6.06. The van der Waals surface area contributed by atoms with E-state index < -0.39 is 0 Å². The average Bonchev–Trinajstić information content (AvgIpc) is 3.15. The van der Waals surface area contributed by atoms with Gasteiger partial charge in [0.2, 0.25) is 0 Å². The van der Waals surface area contributed by atoms with Gasteiger partial charge in [0.05, 0.1) is 6.67 Å². The van der Waals surface area contributed by atoms with Crippen LogP contribution in [0.15, 0.2) is 188 Å². The third kappa shape index (κ3) is 6.86. The van der Waals surface area contributed by atoms with E-state index in [0.29, 0.717) is 6.67 Å². The highest BCUT2D eigenvalue weighted by molar-refractivity contribution is 5.79. The molecule has 0 N–H and O–H groups in total. The number of hydrogen-bond donors (Lipinski definition) is 0. The van der Waals surface area contributed by atoms with E-state index in [9.17, 15) is 0 Å². The largest absolute Gasteiger partial charge is 0.323 e. The van der Waals surface area contributed by atoms with Crippen LogP contribution in [0.4, 0.5) is 39.8 Å². The smallest absolute Gasteiger partial charge is 0.0999 e. The molecular formula is C45H39N3. The van der Waals surface area contributed by atoms with Gasteiger partial charge in [-0.15, -0.1) is 0 Å². The third-order valence-corrected chi connectivity index (χ3v) is 8.71. The van der Waals surface area contributed by atoms with Crippen molar-refractivity contribution in [3.63, 3.8) is 0 Å². The number of benzene rings is 7. The van der Waals surface area contributed by atoms with E-state index in [1.165, 1.54) is 22.3 Å². The van der Waals surface area contributed by atoms with Gasteiger partial charge < -0.3 is 14.7 Å². The van der Waals surface area contributed by atoms with E-state index in [2.05, 4.69) is 217 Å². The zero-order chi connectivity index (χ0) is 32.7. The molecule has 3 heteroatoms. The molecule has 48 heavy (non-hydrogen) atoms. The van der Waals surface area contributed by atoms with E-state index in [1.807, 2.05) is 0 Å². The van der Waals surface area contributed by atoms with E-state index in [0.717, 1.165) is 39.8 Å². The Morgan fingerprint density at radius 1 is 0.292 bits per heavy atom. The molecule has 0 heterocycles. The van der Waals surface area contributed by atoms with Gasteiger partial charge in [-0.05, 0) is 110 Å². The second-order valence-corrected chi connectivity index (χ2v) is 12.1. The Morgan fingerprint density at radius 2 is 0.562 bits per heavy atom. The number of rotatable bonds is 10. The predicted molar refractivity (Wildman–Crippen MR) is 205 cm³/mol. The number of hydrogen-bond acceptors (Lipinski definition) is 3. The number of anilines is 7. The minimum atomic E-state index is 0.652. The Hall–Kier alpha value is -6.06. The maximum atomic E-state index is 2.37. The summed E-state index contributed by atoms with van der Waals surface area (Å²) in [7, 11) is 0. The highest BCUT2D eigenvalue weighted by Crippen LogP contribution is 2.37. The van der Waals surface area contributed by atoms with Gasteiger partial charge in [0.1, 0.15) is 0 Å². The van der Waals surface area contributed by atoms with Crippen LogP contribution in [0, 0.1) is 13.8 Å². The van der Waals surface area contributed by atoms with Crippen LogP contribution < -0.4 is 14.7 Å². The summed E-state index contributed by atoms with van der Waals surface area (Å²) in [6, 6.07) is 67.1. The fourth-order valence-electron chi connectivity index (χ4n) is 6.06.